The van der Waals surface area contributed by atoms with Crippen LogP contribution in [0.4, 0.5) is 0 Å². The maximum atomic E-state index is 6.06. The molecule has 0 amide bonds. The van der Waals surface area contributed by atoms with E-state index in [9.17, 15) is 0 Å². The Morgan fingerprint density at radius 3 is 2.92 bits per heavy atom. The van der Waals surface area contributed by atoms with Gasteiger partial charge in [-0.2, -0.15) is 0 Å². The Morgan fingerprint density at radius 1 is 1.58 bits per heavy atom. The van der Waals surface area contributed by atoms with Gasteiger partial charge in [0.05, 0.1) is 0 Å². The monoisotopic (exact) mass is 160 g/mol. The van der Waals surface area contributed by atoms with Crippen molar-refractivity contribution in [2.24, 2.45) is 5.73 Å². The van der Waals surface area contributed by atoms with Crippen LogP contribution in [0.2, 0.25) is 0 Å². The lowest BCUT2D eigenvalue weighted by Crippen LogP contribution is -2.20. The summed E-state index contributed by atoms with van der Waals surface area (Å²) < 4.78 is 0. The highest BCUT2D eigenvalue weighted by Gasteiger charge is 2.41. The second-order valence-corrected chi connectivity index (χ2v) is 3.32. The van der Waals surface area contributed by atoms with Crippen LogP contribution in [0.3, 0.4) is 0 Å². The summed E-state index contributed by atoms with van der Waals surface area (Å²) >= 11 is 0. The molecule has 0 radical (unpaired) electrons. The largest absolute Gasteiger partial charge is 0.321 e. The third-order valence-electron chi connectivity index (χ3n) is 2.40. The molecule has 1 heterocycles. The molecule has 2 heteroatoms. The van der Waals surface area contributed by atoms with Gasteiger partial charge in [0.15, 0.2) is 0 Å². The number of hydrogen-bond donors (Lipinski definition) is 1. The standard InChI is InChI=1S/C10H12N2/c1-2-8-3-6-12-7-9(8)10(11)4-5-10/h2-3,6-7H,1,4-5,11H2. The summed E-state index contributed by atoms with van der Waals surface area (Å²) in [5.74, 6) is 0. The lowest BCUT2D eigenvalue weighted by Gasteiger charge is -2.11. The number of hydrogen-bond acceptors (Lipinski definition) is 2. The topological polar surface area (TPSA) is 38.9 Å². The number of aromatic nitrogens is 1. The van der Waals surface area contributed by atoms with Gasteiger partial charge in [0.1, 0.15) is 0 Å². The Balaban J connectivity index is 2.48. The molecular weight excluding hydrogens is 148 g/mol. The highest BCUT2D eigenvalue weighted by atomic mass is 14.8. The SMILES string of the molecule is C=Cc1ccncc1C1(N)CC1. The van der Waals surface area contributed by atoms with Gasteiger partial charge in [-0.3, -0.25) is 4.98 Å². The first-order valence-electron chi connectivity index (χ1n) is 4.12. The first kappa shape index (κ1) is 7.50. The molecule has 2 N–H and O–H groups in total. The predicted molar refractivity (Wildman–Crippen MR) is 49.4 cm³/mol. The van der Waals surface area contributed by atoms with Gasteiger partial charge in [-0.15, -0.1) is 0 Å². The van der Waals surface area contributed by atoms with Gasteiger partial charge in [0.2, 0.25) is 0 Å². The summed E-state index contributed by atoms with van der Waals surface area (Å²) in [5, 5.41) is 0. The van der Waals surface area contributed by atoms with Gasteiger partial charge < -0.3 is 5.73 Å². The Labute approximate surface area is 72.1 Å². The smallest absolute Gasteiger partial charge is 0.0432 e. The van der Waals surface area contributed by atoms with Crippen molar-refractivity contribution in [1.82, 2.24) is 4.98 Å². The normalized spacial score (nSPS) is 18.8. The minimum absolute atomic E-state index is 0.0994. The minimum atomic E-state index is -0.0994. The van der Waals surface area contributed by atoms with Crippen LogP contribution in [0, 0.1) is 0 Å². The molecule has 0 bridgehead atoms. The van der Waals surface area contributed by atoms with Crippen molar-refractivity contribution < 1.29 is 0 Å². The third kappa shape index (κ3) is 1.04. The van der Waals surface area contributed by atoms with Crippen molar-refractivity contribution in [3.63, 3.8) is 0 Å². The van der Waals surface area contributed by atoms with Crippen LogP contribution < -0.4 is 5.73 Å². The quantitative estimate of drug-likeness (QED) is 0.714. The summed E-state index contributed by atoms with van der Waals surface area (Å²) in [6.07, 6.45) is 7.60. The molecular formula is C10H12N2. The van der Waals surface area contributed by atoms with Crippen molar-refractivity contribution in [2.45, 2.75) is 18.4 Å². The van der Waals surface area contributed by atoms with Gasteiger partial charge in [0, 0.05) is 17.9 Å². The van der Waals surface area contributed by atoms with Crippen molar-refractivity contribution in [2.75, 3.05) is 0 Å². The molecule has 0 saturated heterocycles. The lowest BCUT2D eigenvalue weighted by molar-refractivity contribution is 0.733. The molecule has 2 rings (SSSR count). The Bertz CT molecular complexity index is 313. The first-order valence-corrected chi connectivity index (χ1v) is 4.12. The van der Waals surface area contributed by atoms with E-state index in [2.05, 4.69) is 11.6 Å². The van der Waals surface area contributed by atoms with E-state index >= 15 is 0 Å². The van der Waals surface area contributed by atoms with E-state index in [0.717, 1.165) is 24.0 Å². The predicted octanol–water partition coefficient (Wildman–Crippen LogP) is 1.67. The number of pyridine rings is 1. The van der Waals surface area contributed by atoms with Crippen molar-refractivity contribution >= 4 is 6.08 Å². The zero-order valence-electron chi connectivity index (χ0n) is 6.96. The first-order chi connectivity index (χ1) is 5.76. The fourth-order valence-electron chi connectivity index (χ4n) is 1.40. The lowest BCUT2D eigenvalue weighted by atomic mass is 10.0. The van der Waals surface area contributed by atoms with Gasteiger partial charge in [-0.25, -0.2) is 0 Å². The number of nitrogens with zero attached hydrogens (tertiary/aromatic N) is 1. The van der Waals surface area contributed by atoms with E-state index in [4.69, 9.17) is 5.73 Å². The van der Waals surface area contributed by atoms with Crippen molar-refractivity contribution in [1.29, 1.82) is 0 Å². The fraction of sp³-hybridized carbons (Fsp3) is 0.300. The molecule has 0 unspecified atom stereocenters. The zero-order valence-corrected chi connectivity index (χ0v) is 6.96. The van der Waals surface area contributed by atoms with Crippen molar-refractivity contribution in [3.05, 3.63) is 36.2 Å². The van der Waals surface area contributed by atoms with Crippen LogP contribution in [-0.4, -0.2) is 4.98 Å². The summed E-state index contributed by atoms with van der Waals surface area (Å²) in [6.45, 7) is 3.75. The van der Waals surface area contributed by atoms with Gasteiger partial charge in [0.25, 0.3) is 0 Å². The fourth-order valence-corrected chi connectivity index (χ4v) is 1.40. The Morgan fingerprint density at radius 2 is 2.33 bits per heavy atom. The van der Waals surface area contributed by atoms with Crippen molar-refractivity contribution in [3.8, 4) is 0 Å². The van der Waals surface area contributed by atoms with E-state index in [1.807, 2.05) is 18.3 Å². The molecule has 1 saturated carbocycles. The Kier molecular flexibility index (Phi) is 1.51. The average Bonchev–Trinajstić information content (AvgIpc) is 2.85. The minimum Gasteiger partial charge on any atom is -0.321 e. The molecule has 1 aromatic rings. The van der Waals surface area contributed by atoms with E-state index < -0.39 is 0 Å². The zero-order chi connectivity index (χ0) is 8.60. The summed E-state index contributed by atoms with van der Waals surface area (Å²) in [4.78, 5) is 4.07. The van der Waals surface area contributed by atoms with Gasteiger partial charge >= 0.3 is 0 Å². The molecule has 0 atom stereocenters. The molecule has 1 aliphatic rings. The molecule has 0 aromatic carbocycles. The third-order valence-corrected chi connectivity index (χ3v) is 2.40. The molecule has 62 valence electrons. The number of rotatable bonds is 2. The molecule has 1 aliphatic carbocycles. The van der Waals surface area contributed by atoms with Crippen LogP contribution >= 0.6 is 0 Å². The molecule has 2 nitrogen and oxygen atoms in total. The van der Waals surface area contributed by atoms with Gasteiger partial charge in [-0.05, 0) is 30.0 Å². The Hall–Kier alpha value is -1.15. The maximum absolute atomic E-state index is 6.06. The van der Waals surface area contributed by atoms with Crippen LogP contribution in [0.15, 0.2) is 25.0 Å². The van der Waals surface area contributed by atoms with Crippen LogP contribution in [0.25, 0.3) is 6.08 Å². The van der Waals surface area contributed by atoms with Crippen LogP contribution in [0.1, 0.15) is 24.0 Å². The van der Waals surface area contributed by atoms with Crippen LogP contribution in [0.5, 0.6) is 0 Å². The summed E-state index contributed by atoms with van der Waals surface area (Å²) in [5.41, 5.74) is 8.21. The van der Waals surface area contributed by atoms with Crippen LogP contribution in [-0.2, 0) is 5.54 Å². The highest BCUT2D eigenvalue weighted by molar-refractivity contribution is 5.54. The second-order valence-electron chi connectivity index (χ2n) is 3.32. The summed E-state index contributed by atoms with van der Waals surface area (Å²) in [6, 6.07) is 1.95. The maximum Gasteiger partial charge on any atom is 0.0432 e. The summed E-state index contributed by atoms with van der Waals surface area (Å²) in [7, 11) is 0. The average molecular weight is 160 g/mol. The number of nitrogens with two attached hydrogens (primary N) is 1. The van der Waals surface area contributed by atoms with E-state index in [1.54, 1.807) is 6.20 Å². The molecule has 0 aliphatic heterocycles. The van der Waals surface area contributed by atoms with Gasteiger partial charge in [-0.1, -0.05) is 12.7 Å². The molecule has 1 fully saturated rings. The molecule has 12 heavy (non-hydrogen) atoms. The van der Waals surface area contributed by atoms with E-state index in [0.29, 0.717) is 0 Å². The molecule has 1 aromatic heterocycles. The van der Waals surface area contributed by atoms with E-state index in [-0.39, 0.29) is 5.54 Å². The van der Waals surface area contributed by atoms with E-state index in [1.165, 1.54) is 0 Å². The molecule has 0 spiro atoms. The highest BCUT2D eigenvalue weighted by Crippen LogP contribution is 2.43. The second kappa shape index (κ2) is 2.42.